The van der Waals surface area contributed by atoms with Gasteiger partial charge in [0.15, 0.2) is 5.69 Å². The largest absolute Gasteiger partial charge is 0.478 e. The van der Waals surface area contributed by atoms with Crippen molar-refractivity contribution in [3.05, 3.63) is 50.6 Å². The number of pyridine rings is 1. The van der Waals surface area contributed by atoms with E-state index in [-0.39, 0.29) is 26.3 Å². The molecule has 0 aliphatic heterocycles. The molecule has 0 bridgehead atoms. The van der Waals surface area contributed by atoms with Gasteiger partial charge >= 0.3 is 12.1 Å². The minimum Gasteiger partial charge on any atom is -0.478 e. The number of carbonyl (C=O) groups is 1. The molecule has 1 aromatic carbocycles. The second kappa shape index (κ2) is 5.95. The zero-order valence-electron chi connectivity index (χ0n) is 10.4. The minimum atomic E-state index is -4.94. The smallest absolute Gasteiger partial charge is 0.434 e. The Balaban J connectivity index is 2.72. The summed E-state index contributed by atoms with van der Waals surface area (Å²) in [7, 11) is 0. The Labute approximate surface area is 137 Å². The van der Waals surface area contributed by atoms with Gasteiger partial charge in [0.25, 0.3) is 0 Å². The number of carboxylic acids is 1. The van der Waals surface area contributed by atoms with Gasteiger partial charge in [-0.3, -0.25) is 0 Å². The van der Waals surface area contributed by atoms with Crippen molar-refractivity contribution in [2.24, 2.45) is 0 Å². The van der Waals surface area contributed by atoms with E-state index in [9.17, 15) is 18.0 Å². The van der Waals surface area contributed by atoms with Crippen LogP contribution < -0.4 is 0 Å². The summed E-state index contributed by atoms with van der Waals surface area (Å²) >= 11 is 17.6. The van der Waals surface area contributed by atoms with E-state index in [0.717, 1.165) is 12.1 Å². The summed E-state index contributed by atoms with van der Waals surface area (Å²) in [6.45, 7) is 0. The molecule has 0 unspecified atom stereocenters. The van der Waals surface area contributed by atoms with Gasteiger partial charge in [-0.05, 0) is 24.3 Å². The molecule has 0 radical (unpaired) electrons. The lowest BCUT2D eigenvalue weighted by Gasteiger charge is -2.13. The summed E-state index contributed by atoms with van der Waals surface area (Å²) in [4.78, 5) is 14.3. The monoisotopic (exact) mass is 369 g/mol. The highest BCUT2D eigenvalue weighted by molar-refractivity contribution is 6.41. The quantitative estimate of drug-likeness (QED) is 0.767. The van der Waals surface area contributed by atoms with Gasteiger partial charge in [0.2, 0.25) is 0 Å². The van der Waals surface area contributed by atoms with Gasteiger partial charge in [0, 0.05) is 10.6 Å². The van der Waals surface area contributed by atoms with Gasteiger partial charge in [-0.2, -0.15) is 13.2 Å². The molecule has 1 heterocycles. The number of aromatic carboxylic acids is 1. The Bertz CT molecular complexity index is 740. The van der Waals surface area contributed by atoms with E-state index in [0.29, 0.717) is 0 Å². The Hall–Kier alpha value is -1.50. The van der Waals surface area contributed by atoms with E-state index in [4.69, 9.17) is 39.9 Å². The van der Waals surface area contributed by atoms with E-state index < -0.39 is 23.4 Å². The molecule has 0 atom stereocenters. The van der Waals surface area contributed by atoms with Crippen molar-refractivity contribution >= 4 is 40.8 Å². The lowest BCUT2D eigenvalue weighted by atomic mass is 10.1. The minimum absolute atomic E-state index is 0.00111. The first-order valence-electron chi connectivity index (χ1n) is 5.57. The summed E-state index contributed by atoms with van der Waals surface area (Å²) < 4.78 is 38.9. The van der Waals surface area contributed by atoms with Crippen LogP contribution in [0.5, 0.6) is 0 Å². The van der Waals surface area contributed by atoms with E-state index in [1.807, 2.05) is 0 Å². The molecule has 9 heteroatoms. The molecule has 0 saturated heterocycles. The van der Waals surface area contributed by atoms with Gasteiger partial charge in [-0.25, -0.2) is 9.78 Å². The molecule has 2 rings (SSSR count). The SMILES string of the molecule is O=C(O)c1ccc(-c2c(Cl)cc(Cl)cc2Cl)nc1C(F)(F)F. The third-order valence-electron chi connectivity index (χ3n) is 2.66. The van der Waals surface area contributed by atoms with E-state index in [2.05, 4.69) is 4.98 Å². The molecule has 0 saturated carbocycles. The van der Waals surface area contributed by atoms with Crippen LogP contribution in [0.4, 0.5) is 13.2 Å². The number of nitrogens with zero attached hydrogens (tertiary/aromatic N) is 1. The number of carboxylic acid groups (broad SMARTS) is 1. The first-order valence-corrected chi connectivity index (χ1v) is 6.71. The predicted molar refractivity (Wildman–Crippen MR) is 76.7 cm³/mol. The van der Waals surface area contributed by atoms with Crippen molar-refractivity contribution in [3.63, 3.8) is 0 Å². The average molecular weight is 371 g/mol. The normalized spacial score (nSPS) is 11.5. The molecule has 2 aromatic rings. The summed E-state index contributed by atoms with van der Waals surface area (Å²) in [6, 6.07) is 4.49. The van der Waals surface area contributed by atoms with Crippen molar-refractivity contribution in [1.29, 1.82) is 0 Å². The van der Waals surface area contributed by atoms with Crippen LogP contribution in [0.3, 0.4) is 0 Å². The summed E-state index contributed by atoms with van der Waals surface area (Å²) in [5.74, 6) is -1.74. The third-order valence-corrected chi connectivity index (χ3v) is 3.47. The van der Waals surface area contributed by atoms with Crippen LogP contribution in [0.25, 0.3) is 11.3 Å². The second-order valence-corrected chi connectivity index (χ2v) is 5.39. The highest BCUT2D eigenvalue weighted by Gasteiger charge is 2.38. The fourth-order valence-electron chi connectivity index (χ4n) is 1.77. The Morgan fingerprint density at radius 1 is 1.09 bits per heavy atom. The maximum absolute atomic E-state index is 13.0. The number of rotatable bonds is 2. The summed E-state index contributed by atoms with van der Waals surface area (Å²) in [5.41, 5.74) is -2.66. The molecular weight excluding hydrogens is 366 g/mol. The van der Waals surface area contributed by atoms with Gasteiger partial charge < -0.3 is 5.11 Å². The number of hydrogen-bond donors (Lipinski definition) is 1. The molecule has 3 nitrogen and oxygen atoms in total. The van der Waals surface area contributed by atoms with Gasteiger partial charge in [-0.1, -0.05) is 34.8 Å². The molecule has 116 valence electrons. The Morgan fingerprint density at radius 3 is 2.09 bits per heavy atom. The summed E-state index contributed by atoms with van der Waals surface area (Å²) in [6.07, 6.45) is -4.94. The maximum Gasteiger partial charge on any atom is 0.434 e. The van der Waals surface area contributed by atoms with Crippen molar-refractivity contribution in [2.75, 3.05) is 0 Å². The van der Waals surface area contributed by atoms with E-state index in [1.54, 1.807) is 0 Å². The molecule has 1 N–H and O–H groups in total. The lowest BCUT2D eigenvalue weighted by Crippen LogP contribution is -2.15. The predicted octanol–water partition coefficient (Wildman–Crippen LogP) is 5.43. The second-order valence-electron chi connectivity index (χ2n) is 4.14. The fourth-order valence-corrected chi connectivity index (χ4v) is 2.78. The van der Waals surface area contributed by atoms with Crippen LogP contribution in [-0.2, 0) is 6.18 Å². The molecule has 0 aliphatic rings. The Morgan fingerprint density at radius 2 is 1.64 bits per heavy atom. The van der Waals surface area contributed by atoms with Crippen LogP contribution in [0, 0.1) is 0 Å². The van der Waals surface area contributed by atoms with E-state index >= 15 is 0 Å². The van der Waals surface area contributed by atoms with Crippen LogP contribution in [0.15, 0.2) is 24.3 Å². The zero-order valence-corrected chi connectivity index (χ0v) is 12.6. The highest BCUT2D eigenvalue weighted by Crippen LogP contribution is 2.38. The number of hydrogen-bond acceptors (Lipinski definition) is 2. The van der Waals surface area contributed by atoms with Crippen LogP contribution in [0.2, 0.25) is 15.1 Å². The first-order chi connectivity index (χ1) is 10.1. The number of benzene rings is 1. The maximum atomic E-state index is 13.0. The standard InChI is InChI=1S/C13H5Cl3F3NO2/c14-5-3-7(15)10(8(16)4-5)9-2-1-6(12(21)22)11(20-9)13(17,18)19/h1-4H,(H,21,22). The van der Waals surface area contributed by atoms with Gasteiger partial charge in [-0.15, -0.1) is 0 Å². The highest BCUT2D eigenvalue weighted by atomic mass is 35.5. The van der Waals surface area contributed by atoms with Crippen molar-refractivity contribution in [3.8, 4) is 11.3 Å². The average Bonchev–Trinajstić information content (AvgIpc) is 2.36. The lowest BCUT2D eigenvalue weighted by molar-refractivity contribution is -0.141. The molecule has 22 heavy (non-hydrogen) atoms. The zero-order chi connectivity index (χ0) is 16.7. The Kier molecular flexibility index (Phi) is 4.56. The molecule has 0 amide bonds. The number of halogens is 6. The topological polar surface area (TPSA) is 50.2 Å². The first kappa shape index (κ1) is 16.9. The van der Waals surface area contributed by atoms with Crippen LogP contribution in [0.1, 0.15) is 16.1 Å². The van der Waals surface area contributed by atoms with Crippen LogP contribution in [-0.4, -0.2) is 16.1 Å². The molecule has 1 aromatic heterocycles. The number of aromatic nitrogens is 1. The van der Waals surface area contributed by atoms with Crippen molar-refractivity contribution < 1.29 is 23.1 Å². The number of alkyl halides is 3. The molecule has 0 fully saturated rings. The van der Waals surface area contributed by atoms with Crippen LogP contribution >= 0.6 is 34.8 Å². The van der Waals surface area contributed by atoms with Crippen molar-refractivity contribution in [1.82, 2.24) is 4.98 Å². The fraction of sp³-hybridized carbons (Fsp3) is 0.0769. The molecular formula is C13H5Cl3F3NO2. The third kappa shape index (κ3) is 3.29. The van der Waals surface area contributed by atoms with Crippen molar-refractivity contribution in [2.45, 2.75) is 6.18 Å². The molecule has 0 aliphatic carbocycles. The molecule has 0 spiro atoms. The van der Waals surface area contributed by atoms with E-state index in [1.165, 1.54) is 12.1 Å². The summed E-state index contributed by atoms with van der Waals surface area (Å²) in [5, 5.41) is 9.03. The van der Waals surface area contributed by atoms with Gasteiger partial charge in [0.1, 0.15) is 0 Å². The van der Waals surface area contributed by atoms with Gasteiger partial charge in [0.05, 0.1) is 21.3 Å².